The molecule has 0 bridgehead atoms. The van der Waals surface area contributed by atoms with Crippen LogP contribution in [-0.4, -0.2) is 117 Å². The lowest BCUT2D eigenvalue weighted by atomic mass is 9.96. The van der Waals surface area contributed by atoms with Crippen LogP contribution >= 0.6 is 11.8 Å². The van der Waals surface area contributed by atoms with Crippen molar-refractivity contribution in [2.24, 2.45) is 0 Å². The van der Waals surface area contributed by atoms with E-state index in [1.54, 1.807) is 69.2 Å². The van der Waals surface area contributed by atoms with E-state index in [4.69, 9.17) is 39.9 Å². The third-order valence-electron chi connectivity index (χ3n) is 7.80. The van der Waals surface area contributed by atoms with Gasteiger partial charge in [0, 0.05) is 4.75 Å². The van der Waals surface area contributed by atoms with Crippen molar-refractivity contribution in [3.05, 3.63) is 11.9 Å². The molecule has 3 aliphatic rings. The summed E-state index contributed by atoms with van der Waals surface area (Å²) < 4.78 is 16.5. The molecule has 0 spiro atoms. The van der Waals surface area contributed by atoms with E-state index in [2.05, 4.69) is 159 Å². The Morgan fingerprint density at radius 3 is 1.59 bits per heavy atom. The van der Waals surface area contributed by atoms with Crippen molar-refractivity contribution in [1.82, 2.24) is 25.2 Å². The molecule has 16 heteroatoms. The molecule has 0 radical (unpaired) electrons. The number of alkyl carbamates (subject to hydrolysis) is 1. The molecule has 388 valence electrons. The van der Waals surface area contributed by atoms with Crippen molar-refractivity contribution in [1.29, 1.82) is 0 Å². The Hall–Kier alpha value is -8.66. The van der Waals surface area contributed by atoms with E-state index in [0.29, 0.717) is 0 Å². The number of thioether (sulfide) groups is 1. The summed E-state index contributed by atoms with van der Waals surface area (Å²) in [6, 6.07) is -1.74. The fraction of sp³-hybridized carbons (Fsp3) is 0.431. The predicted molar refractivity (Wildman–Crippen MR) is 291 cm³/mol. The molecule has 1 aromatic heterocycles. The number of aromatic nitrogens is 3. The Morgan fingerprint density at radius 2 is 1.20 bits per heavy atom. The minimum absolute atomic E-state index is 0. The first-order chi connectivity index (χ1) is 34.6. The van der Waals surface area contributed by atoms with E-state index in [0.717, 1.165) is 4.68 Å². The zero-order valence-corrected chi connectivity index (χ0v) is 43.9. The number of nitrogens with zero attached hydrogens (tertiary/aromatic N) is 4. The van der Waals surface area contributed by atoms with Gasteiger partial charge >= 0.3 is 12.1 Å². The Balaban J connectivity index is -0.000000357. The number of ether oxygens (including phenoxy) is 3. The van der Waals surface area contributed by atoms with Gasteiger partial charge in [0.2, 0.25) is 5.91 Å². The largest absolute Gasteiger partial charge is 0.457 e. The van der Waals surface area contributed by atoms with Crippen molar-refractivity contribution in [3.8, 4) is 169 Å². The number of carbonyl (C=O) groups excluding carboxylic acids is 3. The topological polar surface area (TPSA) is 206 Å². The molecule has 3 saturated heterocycles. The molecule has 0 aliphatic carbocycles. The molecule has 5 N–H and O–H groups in total. The highest BCUT2D eigenvalue weighted by atomic mass is 32.2. The van der Waals surface area contributed by atoms with Gasteiger partial charge in [0.25, 0.3) is 0 Å². The van der Waals surface area contributed by atoms with Gasteiger partial charge in [-0.3, -0.25) is 4.79 Å². The highest BCUT2D eigenvalue weighted by Gasteiger charge is 2.64. The Kier molecular flexibility index (Phi) is 44.5. The van der Waals surface area contributed by atoms with Crippen LogP contribution in [0.5, 0.6) is 0 Å². The van der Waals surface area contributed by atoms with Crippen molar-refractivity contribution in [2.45, 2.75) is 156 Å². The maximum atomic E-state index is 13.1. The van der Waals surface area contributed by atoms with Crippen LogP contribution in [0.3, 0.4) is 0 Å². The second kappa shape index (κ2) is 44.3. The number of esters is 1. The first-order valence-electron chi connectivity index (χ1n) is 21.0. The SMILES string of the molecule is C.C#C.C#CC.C#CC#CC.C#CC#CC#C.C#CC#CC#CC.CC#CC.CC#CC#CC#CC.CC(C)(C)OC(=O)N[C@@H]1C(=O)N2[C@@H]1SC(C)(C)[C@@H]2C(=O)OCc1cn([C@@H]2O[C@H](CO)[C@@H](O)[C@H](O)[C@H]2O)nn1. The fourth-order valence-electron chi connectivity index (χ4n) is 5.05. The molecule has 8 atom stereocenters. The van der Waals surface area contributed by atoms with Crippen molar-refractivity contribution >= 4 is 29.7 Å². The molecular formula is C58H65N5O10S. The second-order valence-corrected chi connectivity index (χ2v) is 16.3. The summed E-state index contributed by atoms with van der Waals surface area (Å²) in [5, 5.41) is 49.4. The van der Waals surface area contributed by atoms with Crippen LogP contribution in [0.15, 0.2) is 6.20 Å². The second-order valence-electron chi connectivity index (χ2n) is 14.5. The molecule has 4 rings (SSSR count). The zero-order valence-electron chi connectivity index (χ0n) is 43.1. The molecule has 3 aliphatic heterocycles. The third-order valence-corrected chi connectivity index (χ3v) is 9.37. The molecule has 0 unspecified atom stereocenters. The minimum atomic E-state index is -1.59. The summed E-state index contributed by atoms with van der Waals surface area (Å²) in [4.78, 5) is 39.4. The van der Waals surface area contributed by atoms with Crippen LogP contribution < -0.4 is 5.32 Å². The lowest BCUT2D eigenvalue weighted by Crippen LogP contribution is -2.70. The van der Waals surface area contributed by atoms with Gasteiger partial charge in [-0.15, -0.1) is 79.6 Å². The Bertz CT molecular complexity index is 2660. The number of nitrogens with one attached hydrogen (secondary N) is 1. The van der Waals surface area contributed by atoms with Gasteiger partial charge in [-0.05, 0) is 166 Å². The van der Waals surface area contributed by atoms with E-state index < -0.39 is 83.0 Å². The number of fused-ring (bicyclic) bond motifs is 1. The first-order valence-corrected chi connectivity index (χ1v) is 21.9. The summed E-state index contributed by atoms with van der Waals surface area (Å²) in [5.41, 5.74) is -0.537. The highest BCUT2D eigenvalue weighted by molar-refractivity contribution is 8.01. The van der Waals surface area contributed by atoms with E-state index in [1.165, 1.54) is 22.9 Å². The van der Waals surface area contributed by atoms with Crippen LogP contribution in [-0.2, 0) is 30.4 Å². The summed E-state index contributed by atoms with van der Waals surface area (Å²) >= 11 is 1.37. The van der Waals surface area contributed by atoms with E-state index in [-0.39, 0.29) is 19.7 Å². The number of β-lactam (4-membered cyclic amide) rings is 1. The number of hydrogen-bond donors (Lipinski definition) is 5. The molecule has 0 aromatic carbocycles. The third kappa shape index (κ3) is 30.2. The molecular weight excluding hydrogens is 959 g/mol. The molecule has 0 saturated carbocycles. The lowest BCUT2D eigenvalue weighted by molar-refractivity contribution is -0.254. The van der Waals surface area contributed by atoms with Gasteiger partial charge in [-0.2, -0.15) is 0 Å². The van der Waals surface area contributed by atoms with Gasteiger partial charge in [0.15, 0.2) is 6.23 Å². The van der Waals surface area contributed by atoms with Crippen LogP contribution in [0.2, 0.25) is 0 Å². The van der Waals surface area contributed by atoms with Crippen LogP contribution in [0, 0.1) is 169 Å². The van der Waals surface area contributed by atoms with E-state index >= 15 is 0 Å². The van der Waals surface area contributed by atoms with E-state index in [9.17, 15) is 34.8 Å². The summed E-state index contributed by atoms with van der Waals surface area (Å²) in [6.45, 7) is 20.0. The monoisotopic (exact) mass is 1020 g/mol. The van der Waals surface area contributed by atoms with Crippen LogP contribution in [0.4, 0.5) is 4.79 Å². The fourth-order valence-corrected chi connectivity index (χ4v) is 6.67. The van der Waals surface area contributed by atoms with Gasteiger partial charge < -0.3 is 44.9 Å². The molecule has 74 heavy (non-hydrogen) atoms. The quantitative estimate of drug-likeness (QED) is 0.158. The standard InChI is InChI=1S/C22H33N5O10S.C8H6.C7H4.C6H2.C5H4.C4H6.C3H4.C2H2.CH4/c1-21(2,3)37-20(34)23-11-16(32)27-15(22(4,5)38-18(11)27)19(33)35-8-9-6-26(25-24-9)17-14(31)13(30)12(29)10(7-28)36-17;1-3-5-7-8-6-4-2;1-3-5-7-6-4-2;1-3-5-6-4-2;1-3-5-4-2;1-3-4-2;1-3-2;1-2;/h6,10-15,17-18,28-31H,7-8H2,1-5H3,(H,23,34);1-2H3;1H,2H3;1-2H;1H,2H3;1-2H3;1H,2H3;1-2H;1H4/t10-,11-,12-,13+,14-,15+,17-,18-;;;;;;;;/m1......../s1. The Morgan fingerprint density at radius 1 is 0.757 bits per heavy atom. The number of aliphatic hydroxyl groups is 4. The summed E-state index contributed by atoms with van der Waals surface area (Å²) in [7, 11) is 0. The van der Waals surface area contributed by atoms with Gasteiger partial charge in [0.05, 0.1) is 12.8 Å². The Labute approximate surface area is 445 Å². The number of amides is 2. The van der Waals surface area contributed by atoms with Gasteiger partial charge in [-0.1, -0.05) is 36.3 Å². The molecule has 4 heterocycles. The van der Waals surface area contributed by atoms with Crippen molar-refractivity contribution < 1.29 is 49.0 Å². The maximum Gasteiger partial charge on any atom is 0.408 e. The first kappa shape index (κ1) is 74.3. The molecule has 15 nitrogen and oxygen atoms in total. The minimum Gasteiger partial charge on any atom is -0.457 e. The number of terminal acetylenes is 6. The highest BCUT2D eigenvalue weighted by Crippen LogP contribution is 2.51. The number of carbonyl (C=O) groups is 3. The molecule has 1 aromatic rings. The summed E-state index contributed by atoms with van der Waals surface area (Å²) in [6.07, 6.45) is 25.1. The van der Waals surface area contributed by atoms with Crippen molar-refractivity contribution in [2.75, 3.05) is 6.61 Å². The van der Waals surface area contributed by atoms with Crippen molar-refractivity contribution in [3.63, 3.8) is 0 Å². The molecule has 2 amide bonds. The average molecular weight is 1020 g/mol. The van der Waals surface area contributed by atoms with Crippen LogP contribution in [0.1, 0.15) is 102 Å². The normalized spacial score (nSPS) is 19.1. The number of rotatable bonds is 6. The molecule has 3 fully saturated rings. The zero-order chi connectivity index (χ0) is 57.0. The van der Waals surface area contributed by atoms with E-state index in [1.807, 2.05) is 13.8 Å². The van der Waals surface area contributed by atoms with Crippen LogP contribution in [0.25, 0.3) is 0 Å². The van der Waals surface area contributed by atoms with Gasteiger partial charge in [0.1, 0.15) is 59.8 Å². The summed E-state index contributed by atoms with van der Waals surface area (Å²) in [5.74, 6) is 49.7. The number of hydrogen-bond acceptors (Lipinski definition) is 13. The number of aliphatic hydroxyl groups excluding tert-OH is 4. The maximum absolute atomic E-state index is 13.1. The van der Waals surface area contributed by atoms with Gasteiger partial charge in [-0.25, -0.2) is 14.3 Å². The average Bonchev–Trinajstić information content (AvgIpc) is 3.94. The lowest BCUT2D eigenvalue weighted by Gasteiger charge is -2.43. The predicted octanol–water partition coefficient (Wildman–Crippen LogP) is 3.39. The smallest absolute Gasteiger partial charge is 0.408 e.